The Morgan fingerprint density at radius 2 is 2.00 bits per heavy atom. The van der Waals surface area contributed by atoms with E-state index in [-0.39, 0.29) is 6.04 Å². The summed E-state index contributed by atoms with van der Waals surface area (Å²) in [4.78, 5) is 4.39. The SMILES string of the molecule is Cc1nc(Br)ccc1NC(C)c1ccc2c(c1)OCO2. The summed E-state index contributed by atoms with van der Waals surface area (Å²) >= 11 is 3.37. The van der Waals surface area contributed by atoms with Gasteiger partial charge in [-0.3, -0.25) is 0 Å². The molecule has 0 amide bonds. The fourth-order valence-electron chi connectivity index (χ4n) is 2.18. The van der Waals surface area contributed by atoms with Crippen molar-refractivity contribution in [3.63, 3.8) is 0 Å². The fraction of sp³-hybridized carbons (Fsp3) is 0.267. The summed E-state index contributed by atoms with van der Waals surface area (Å²) in [6, 6.07) is 10.1. The van der Waals surface area contributed by atoms with Gasteiger partial charge in [0.25, 0.3) is 0 Å². The van der Waals surface area contributed by atoms with Gasteiger partial charge in [-0.25, -0.2) is 4.98 Å². The monoisotopic (exact) mass is 334 g/mol. The minimum atomic E-state index is 0.158. The van der Waals surface area contributed by atoms with Crippen LogP contribution in [0.2, 0.25) is 0 Å². The van der Waals surface area contributed by atoms with E-state index in [9.17, 15) is 0 Å². The van der Waals surface area contributed by atoms with Gasteiger partial charge in [0.15, 0.2) is 11.5 Å². The zero-order valence-electron chi connectivity index (χ0n) is 11.3. The van der Waals surface area contributed by atoms with Gasteiger partial charge in [-0.05, 0) is 59.6 Å². The van der Waals surface area contributed by atoms with E-state index in [1.807, 2.05) is 37.3 Å². The third-order valence-electron chi connectivity index (χ3n) is 3.32. The second-order valence-corrected chi connectivity index (χ2v) is 5.56. The Morgan fingerprint density at radius 3 is 2.80 bits per heavy atom. The Bertz CT molecular complexity index is 646. The van der Waals surface area contributed by atoms with Gasteiger partial charge in [0.05, 0.1) is 11.4 Å². The van der Waals surface area contributed by atoms with Crippen molar-refractivity contribution in [2.24, 2.45) is 0 Å². The molecule has 3 rings (SSSR count). The van der Waals surface area contributed by atoms with Gasteiger partial charge in [0.2, 0.25) is 6.79 Å². The molecule has 5 heteroatoms. The van der Waals surface area contributed by atoms with Gasteiger partial charge < -0.3 is 14.8 Å². The predicted molar refractivity (Wildman–Crippen MR) is 81.3 cm³/mol. The zero-order valence-corrected chi connectivity index (χ0v) is 12.9. The fourth-order valence-corrected chi connectivity index (χ4v) is 2.58. The summed E-state index contributed by atoms with van der Waals surface area (Å²) in [5, 5.41) is 3.47. The lowest BCUT2D eigenvalue weighted by atomic mass is 10.1. The first-order valence-corrected chi connectivity index (χ1v) is 7.22. The van der Waals surface area contributed by atoms with Gasteiger partial charge in [-0.2, -0.15) is 0 Å². The van der Waals surface area contributed by atoms with Crippen molar-refractivity contribution < 1.29 is 9.47 Å². The first-order valence-electron chi connectivity index (χ1n) is 6.43. The van der Waals surface area contributed by atoms with E-state index in [1.165, 1.54) is 0 Å². The van der Waals surface area contributed by atoms with Crippen molar-refractivity contribution in [1.29, 1.82) is 0 Å². The molecule has 0 saturated carbocycles. The van der Waals surface area contributed by atoms with Crippen LogP contribution >= 0.6 is 15.9 Å². The molecule has 0 bridgehead atoms. The topological polar surface area (TPSA) is 43.4 Å². The molecule has 2 aromatic rings. The number of rotatable bonds is 3. The highest BCUT2D eigenvalue weighted by molar-refractivity contribution is 9.10. The summed E-state index contributed by atoms with van der Waals surface area (Å²) < 4.78 is 11.6. The Balaban J connectivity index is 1.80. The van der Waals surface area contributed by atoms with E-state index in [0.717, 1.165) is 33.0 Å². The van der Waals surface area contributed by atoms with Crippen LogP contribution in [0.5, 0.6) is 11.5 Å². The molecule has 1 aromatic heterocycles. The summed E-state index contributed by atoms with van der Waals surface area (Å²) in [6.45, 7) is 4.40. The number of ether oxygens (including phenoxy) is 2. The zero-order chi connectivity index (χ0) is 14.1. The van der Waals surface area contributed by atoms with Crippen LogP contribution < -0.4 is 14.8 Å². The lowest BCUT2D eigenvalue weighted by molar-refractivity contribution is 0.174. The number of hydrogen-bond donors (Lipinski definition) is 1. The standard InChI is InChI=1S/C15H15BrN2O2/c1-9(17-12-4-6-15(16)18-10(12)2)11-3-5-13-14(7-11)20-8-19-13/h3-7,9,17H,8H2,1-2H3. The molecule has 1 aliphatic rings. The Hall–Kier alpha value is -1.75. The molecular weight excluding hydrogens is 320 g/mol. The van der Waals surface area contributed by atoms with Crippen molar-refractivity contribution in [3.05, 3.63) is 46.2 Å². The maximum absolute atomic E-state index is 5.41. The van der Waals surface area contributed by atoms with E-state index in [4.69, 9.17) is 9.47 Å². The highest BCUT2D eigenvalue weighted by Gasteiger charge is 2.16. The number of hydrogen-bond acceptors (Lipinski definition) is 4. The molecule has 0 spiro atoms. The maximum atomic E-state index is 5.41. The number of anilines is 1. The van der Waals surface area contributed by atoms with Crippen LogP contribution in [0.15, 0.2) is 34.9 Å². The van der Waals surface area contributed by atoms with E-state index < -0.39 is 0 Å². The molecule has 1 unspecified atom stereocenters. The van der Waals surface area contributed by atoms with E-state index >= 15 is 0 Å². The minimum absolute atomic E-state index is 0.158. The van der Waals surface area contributed by atoms with Crippen LogP contribution in [0.25, 0.3) is 0 Å². The van der Waals surface area contributed by atoms with E-state index in [2.05, 4.69) is 33.2 Å². The van der Waals surface area contributed by atoms with Gasteiger partial charge in [0, 0.05) is 6.04 Å². The van der Waals surface area contributed by atoms with E-state index in [1.54, 1.807) is 0 Å². The average molecular weight is 335 g/mol. The largest absolute Gasteiger partial charge is 0.454 e. The van der Waals surface area contributed by atoms with Gasteiger partial charge in [-0.15, -0.1) is 0 Å². The quantitative estimate of drug-likeness (QED) is 0.860. The molecular formula is C15H15BrN2O2. The molecule has 4 nitrogen and oxygen atoms in total. The van der Waals surface area contributed by atoms with Crippen molar-refractivity contribution in [2.75, 3.05) is 12.1 Å². The van der Waals surface area contributed by atoms with Crippen LogP contribution in [0, 0.1) is 6.92 Å². The highest BCUT2D eigenvalue weighted by Crippen LogP contribution is 2.35. The number of pyridine rings is 1. The van der Waals surface area contributed by atoms with Crippen LogP contribution in [0.4, 0.5) is 5.69 Å². The Kier molecular flexibility index (Phi) is 3.53. The number of aryl methyl sites for hydroxylation is 1. The second-order valence-electron chi connectivity index (χ2n) is 4.75. The first kappa shape index (κ1) is 13.2. The molecule has 2 heterocycles. The molecule has 0 radical (unpaired) electrons. The lowest BCUT2D eigenvalue weighted by Gasteiger charge is -2.17. The van der Waals surface area contributed by atoms with Gasteiger partial charge in [-0.1, -0.05) is 6.07 Å². The highest BCUT2D eigenvalue weighted by atomic mass is 79.9. The number of nitrogens with zero attached hydrogens (tertiary/aromatic N) is 1. The summed E-state index contributed by atoms with van der Waals surface area (Å²) in [6.07, 6.45) is 0. The average Bonchev–Trinajstić information content (AvgIpc) is 2.89. The minimum Gasteiger partial charge on any atom is -0.454 e. The number of aromatic nitrogens is 1. The van der Waals surface area contributed by atoms with E-state index in [0.29, 0.717) is 6.79 Å². The number of fused-ring (bicyclic) bond motifs is 1. The maximum Gasteiger partial charge on any atom is 0.231 e. The Morgan fingerprint density at radius 1 is 1.20 bits per heavy atom. The molecule has 20 heavy (non-hydrogen) atoms. The van der Waals surface area contributed by atoms with Gasteiger partial charge >= 0.3 is 0 Å². The summed E-state index contributed by atoms with van der Waals surface area (Å²) in [5.41, 5.74) is 3.14. The van der Waals surface area contributed by atoms with Crippen LogP contribution in [-0.2, 0) is 0 Å². The summed E-state index contributed by atoms with van der Waals surface area (Å²) in [7, 11) is 0. The van der Waals surface area contributed by atoms with Crippen molar-refractivity contribution in [3.8, 4) is 11.5 Å². The number of nitrogens with one attached hydrogen (secondary N) is 1. The number of benzene rings is 1. The molecule has 0 saturated heterocycles. The van der Waals surface area contributed by atoms with Crippen LogP contribution in [-0.4, -0.2) is 11.8 Å². The molecule has 104 valence electrons. The lowest BCUT2D eigenvalue weighted by Crippen LogP contribution is -2.08. The summed E-state index contributed by atoms with van der Waals surface area (Å²) in [5.74, 6) is 1.62. The molecule has 0 fully saturated rings. The molecule has 1 atom stereocenters. The molecule has 1 aromatic carbocycles. The van der Waals surface area contributed by atoms with Crippen molar-refractivity contribution in [2.45, 2.75) is 19.9 Å². The second kappa shape index (κ2) is 5.32. The molecule has 0 aliphatic carbocycles. The predicted octanol–water partition coefficient (Wildman–Crippen LogP) is 4.05. The first-order chi connectivity index (χ1) is 9.63. The van der Waals surface area contributed by atoms with Gasteiger partial charge in [0.1, 0.15) is 4.60 Å². The number of halogens is 1. The normalized spacial score (nSPS) is 14.2. The Labute approximate surface area is 126 Å². The third kappa shape index (κ3) is 2.58. The molecule has 1 N–H and O–H groups in total. The third-order valence-corrected chi connectivity index (χ3v) is 3.76. The van der Waals surface area contributed by atoms with Crippen LogP contribution in [0.3, 0.4) is 0 Å². The molecule has 1 aliphatic heterocycles. The van der Waals surface area contributed by atoms with Crippen LogP contribution in [0.1, 0.15) is 24.2 Å². The van der Waals surface area contributed by atoms with Crippen molar-refractivity contribution >= 4 is 21.6 Å². The van der Waals surface area contributed by atoms with Crippen molar-refractivity contribution in [1.82, 2.24) is 4.98 Å². The smallest absolute Gasteiger partial charge is 0.231 e.